The van der Waals surface area contributed by atoms with Crippen LogP contribution in [-0.4, -0.2) is 62.3 Å². The smallest absolute Gasteiger partial charge is 0.0594 e. The molecule has 87 valence electrons. The first-order chi connectivity index (χ1) is 7.34. The van der Waals surface area contributed by atoms with Gasteiger partial charge in [-0.1, -0.05) is 6.92 Å². The Morgan fingerprint density at radius 2 is 1.47 bits per heavy atom. The number of nitrogens with zero attached hydrogens (tertiary/aromatic N) is 2. The minimum Gasteiger partial charge on any atom is -0.379 e. The van der Waals surface area contributed by atoms with Crippen molar-refractivity contribution in [3.05, 3.63) is 6.92 Å². The molecular formula is C12H23N2O. The molecule has 3 heteroatoms. The molecule has 0 aromatic rings. The van der Waals surface area contributed by atoms with Crippen molar-refractivity contribution < 1.29 is 4.74 Å². The Bertz CT molecular complexity index is 172. The Labute approximate surface area is 93.4 Å². The fourth-order valence-corrected chi connectivity index (χ4v) is 2.32. The summed E-state index contributed by atoms with van der Waals surface area (Å²) in [5.41, 5.74) is 0. The lowest BCUT2D eigenvalue weighted by Crippen LogP contribution is -2.43. The fourth-order valence-electron chi connectivity index (χ4n) is 2.32. The molecule has 0 amide bonds. The third kappa shape index (κ3) is 3.74. The van der Waals surface area contributed by atoms with Crippen molar-refractivity contribution in [2.24, 2.45) is 5.92 Å². The predicted molar refractivity (Wildman–Crippen MR) is 61.8 cm³/mol. The third-order valence-corrected chi connectivity index (χ3v) is 3.54. The van der Waals surface area contributed by atoms with E-state index in [4.69, 9.17) is 4.74 Å². The van der Waals surface area contributed by atoms with Crippen molar-refractivity contribution >= 4 is 0 Å². The Morgan fingerprint density at radius 1 is 0.933 bits per heavy atom. The molecule has 0 bridgehead atoms. The van der Waals surface area contributed by atoms with Crippen LogP contribution in [0, 0.1) is 12.8 Å². The molecule has 2 heterocycles. The first-order valence-corrected chi connectivity index (χ1v) is 6.20. The summed E-state index contributed by atoms with van der Waals surface area (Å²) >= 11 is 0. The van der Waals surface area contributed by atoms with Crippen molar-refractivity contribution in [1.82, 2.24) is 9.80 Å². The van der Waals surface area contributed by atoms with Crippen molar-refractivity contribution in [1.29, 1.82) is 0 Å². The maximum atomic E-state index is 5.34. The predicted octanol–water partition coefficient (Wildman–Crippen LogP) is 0.865. The van der Waals surface area contributed by atoms with E-state index in [9.17, 15) is 0 Å². The molecular weight excluding hydrogens is 188 g/mol. The summed E-state index contributed by atoms with van der Waals surface area (Å²) < 4.78 is 5.34. The van der Waals surface area contributed by atoms with Crippen LogP contribution in [0.1, 0.15) is 12.8 Å². The first-order valence-electron chi connectivity index (χ1n) is 6.20. The van der Waals surface area contributed by atoms with Crippen LogP contribution in [-0.2, 0) is 4.74 Å². The molecule has 3 nitrogen and oxygen atoms in total. The second-order valence-corrected chi connectivity index (χ2v) is 4.74. The highest BCUT2D eigenvalue weighted by Gasteiger charge is 2.17. The van der Waals surface area contributed by atoms with Gasteiger partial charge in [0.05, 0.1) is 13.2 Å². The van der Waals surface area contributed by atoms with E-state index >= 15 is 0 Å². The summed E-state index contributed by atoms with van der Waals surface area (Å²) in [6.45, 7) is 13.1. The van der Waals surface area contributed by atoms with E-state index in [0.29, 0.717) is 5.92 Å². The largest absolute Gasteiger partial charge is 0.379 e. The molecule has 0 N–H and O–H groups in total. The third-order valence-electron chi connectivity index (χ3n) is 3.54. The average Bonchev–Trinajstić information content (AvgIpc) is 2.30. The molecule has 0 aromatic heterocycles. The number of ether oxygens (including phenoxy) is 1. The molecule has 2 rings (SSSR count). The minimum absolute atomic E-state index is 0.699. The van der Waals surface area contributed by atoms with Gasteiger partial charge in [0.2, 0.25) is 0 Å². The number of rotatable bonds is 3. The molecule has 0 saturated carbocycles. The highest BCUT2D eigenvalue weighted by Crippen LogP contribution is 2.15. The summed E-state index contributed by atoms with van der Waals surface area (Å²) in [5.74, 6) is 0.699. The molecule has 1 radical (unpaired) electrons. The van der Waals surface area contributed by atoms with E-state index in [0.717, 1.165) is 26.3 Å². The molecule has 0 spiro atoms. The number of morpholine rings is 1. The van der Waals surface area contributed by atoms with Crippen LogP contribution in [0.5, 0.6) is 0 Å². The van der Waals surface area contributed by atoms with Gasteiger partial charge in [0, 0.05) is 26.2 Å². The zero-order valence-electron chi connectivity index (χ0n) is 9.66. The monoisotopic (exact) mass is 211 g/mol. The van der Waals surface area contributed by atoms with Gasteiger partial charge in [-0.05, 0) is 31.8 Å². The van der Waals surface area contributed by atoms with E-state index in [-0.39, 0.29) is 0 Å². The Balaban J connectivity index is 1.60. The normalized spacial score (nSPS) is 27.0. The van der Waals surface area contributed by atoms with Gasteiger partial charge in [0.15, 0.2) is 0 Å². The van der Waals surface area contributed by atoms with Gasteiger partial charge in [-0.3, -0.25) is 4.90 Å². The molecule has 0 aliphatic carbocycles. The standard InChI is InChI=1S/C12H23N2O/c1-12-2-4-13(5-3-12)6-7-14-8-10-15-11-9-14/h12H,1-11H2. The molecule has 0 aromatic carbocycles. The summed E-state index contributed by atoms with van der Waals surface area (Å²) in [6.07, 6.45) is 2.56. The van der Waals surface area contributed by atoms with Crippen molar-refractivity contribution in [2.75, 3.05) is 52.5 Å². The lowest BCUT2D eigenvalue weighted by Gasteiger charge is -2.33. The lowest BCUT2D eigenvalue weighted by atomic mass is 9.99. The van der Waals surface area contributed by atoms with Crippen molar-refractivity contribution in [3.8, 4) is 0 Å². The van der Waals surface area contributed by atoms with Crippen LogP contribution in [0.4, 0.5) is 0 Å². The van der Waals surface area contributed by atoms with Crippen molar-refractivity contribution in [3.63, 3.8) is 0 Å². The van der Waals surface area contributed by atoms with Gasteiger partial charge in [-0.25, -0.2) is 0 Å². The van der Waals surface area contributed by atoms with Crippen LogP contribution in [0.3, 0.4) is 0 Å². The maximum absolute atomic E-state index is 5.34. The molecule has 0 atom stereocenters. The SMILES string of the molecule is [CH2]C1CCN(CCN2CCOCC2)CC1. The van der Waals surface area contributed by atoms with Gasteiger partial charge in [-0.15, -0.1) is 0 Å². The topological polar surface area (TPSA) is 15.7 Å². The van der Waals surface area contributed by atoms with Crippen LogP contribution in [0.15, 0.2) is 0 Å². The molecule has 0 unspecified atom stereocenters. The number of piperidine rings is 1. The van der Waals surface area contributed by atoms with Crippen LogP contribution >= 0.6 is 0 Å². The Kier molecular flexibility index (Phi) is 4.42. The van der Waals surface area contributed by atoms with Gasteiger partial charge in [0.25, 0.3) is 0 Å². The van der Waals surface area contributed by atoms with Crippen LogP contribution in [0.25, 0.3) is 0 Å². The fraction of sp³-hybridized carbons (Fsp3) is 0.917. The first kappa shape index (κ1) is 11.4. The number of likely N-dealkylation sites (tertiary alicyclic amines) is 1. The van der Waals surface area contributed by atoms with E-state index in [2.05, 4.69) is 16.7 Å². The number of hydrogen-bond acceptors (Lipinski definition) is 3. The van der Waals surface area contributed by atoms with Crippen molar-refractivity contribution in [2.45, 2.75) is 12.8 Å². The van der Waals surface area contributed by atoms with Gasteiger partial charge < -0.3 is 9.64 Å². The summed E-state index contributed by atoms with van der Waals surface area (Å²) in [4.78, 5) is 5.09. The lowest BCUT2D eigenvalue weighted by molar-refractivity contribution is 0.0318. The highest BCUT2D eigenvalue weighted by molar-refractivity contribution is 4.74. The second-order valence-electron chi connectivity index (χ2n) is 4.74. The second kappa shape index (κ2) is 5.83. The quantitative estimate of drug-likeness (QED) is 0.689. The molecule has 2 aliphatic rings. The van der Waals surface area contributed by atoms with E-state index in [1.807, 2.05) is 0 Å². The van der Waals surface area contributed by atoms with Gasteiger partial charge in [0.1, 0.15) is 0 Å². The van der Waals surface area contributed by atoms with E-state index in [1.165, 1.54) is 39.0 Å². The summed E-state index contributed by atoms with van der Waals surface area (Å²) in [6, 6.07) is 0. The molecule has 2 fully saturated rings. The summed E-state index contributed by atoms with van der Waals surface area (Å²) in [7, 11) is 0. The zero-order valence-corrected chi connectivity index (χ0v) is 9.66. The molecule has 2 saturated heterocycles. The Hall–Kier alpha value is -0.120. The zero-order chi connectivity index (χ0) is 10.5. The maximum Gasteiger partial charge on any atom is 0.0594 e. The van der Waals surface area contributed by atoms with Gasteiger partial charge in [-0.2, -0.15) is 0 Å². The van der Waals surface area contributed by atoms with E-state index in [1.54, 1.807) is 0 Å². The highest BCUT2D eigenvalue weighted by atomic mass is 16.5. The minimum atomic E-state index is 0.699. The van der Waals surface area contributed by atoms with Gasteiger partial charge >= 0.3 is 0 Å². The average molecular weight is 211 g/mol. The molecule has 15 heavy (non-hydrogen) atoms. The molecule has 2 aliphatic heterocycles. The number of hydrogen-bond donors (Lipinski definition) is 0. The van der Waals surface area contributed by atoms with E-state index < -0.39 is 0 Å². The Morgan fingerprint density at radius 3 is 2.07 bits per heavy atom. The van der Waals surface area contributed by atoms with Crippen LogP contribution < -0.4 is 0 Å². The van der Waals surface area contributed by atoms with Crippen LogP contribution in [0.2, 0.25) is 0 Å². The summed E-state index contributed by atoms with van der Waals surface area (Å²) in [5, 5.41) is 0.